The van der Waals surface area contributed by atoms with E-state index in [4.69, 9.17) is 15.2 Å². The molecule has 1 rings (SSSR count). The van der Waals surface area contributed by atoms with Gasteiger partial charge in [-0.3, -0.25) is 4.90 Å². The largest absolute Gasteiger partial charge is 0.493 e. The van der Waals surface area contributed by atoms with E-state index in [1.165, 1.54) is 24.8 Å². The fourth-order valence-corrected chi connectivity index (χ4v) is 2.40. The van der Waals surface area contributed by atoms with Gasteiger partial charge < -0.3 is 15.2 Å². The molecule has 0 aliphatic carbocycles. The van der Waals surface area contributed by atoms with Gasteiger partial charge in [0.2, 0.25) is 0 Å². The van der Waals surface area contributed by atoms with Crippen LogP contribution in [0.25, 0.3) is 0 Å². The smallest absolute Gasteiger partial charge is 0.161 e. The van der Waals surface area contributed by atoms with Crippen LogP contribution in [0.1, 0.15) is 37.8 Å². The summed E-state index contributed by atoms with van der Waals surface area (Å²) in [5.41, 5.74) is 7.13. The van der Waals surface area contributed by atoms with Crippen molar-refractivity contribution < 1.29 is 9.47 Å². The van der Waals surface area contributed by atoms with Gasteiger partial charge >= 0.3 is 0 Å². The monoisotopic (exact) mass is 280 g/mol. The van der Waals surface area contributed by atoms with Crippen molar-refractivity contribution in [2.24, 2.45) is 5.73 Å². The van der Waals surface area contributed by atoms with Gasteiger partial charge in [-0.25, -0.2) is 0 Å². The molecule has 0 aromatic heterocycles. The number of hydrogen-bond donors (Lipinski definition) is 1. The number of rotatable bonds is 9. The number of unbranched alkanes of at least 4 members (excludes halogenated alkanes) is 2. The Morgan fingerprint density at radius 3 is 2.40 bits per heavy atom. The number of ether oxygens (including phenoxy) is 2. The van der Waals surface area contributed by atoms with Crippen LogP contribution in [0.5, 0.6) is 11.5 Å². The van der Waals surface area contributed by atoms with Gasteiger partial charge in [-0.1, -0.05) is 25.8 Å². The molecule has 0 aliphatic heterocycles. The molecule has 0 saturated carbocycles. The van der Waals surface area contributed by atoms with Crippen LogP contribution in [0.15, 0.2) is 18.2 Å². The van der Waals surface area contributed by atoms with E-state index in [0.717, 1.165) is 18.0 Å². The summed E-state index contributed by atoms with van der Waals surface area (Å²) in [5, 5.41) is 0. The van der Waals surface area contributed by atoms with Crippen LogP contribution >= 0.6 is 0 Å². The first-order valence-electron chi connectivity index (χ1n) is 7.30. The van der Waals surface area contributed by atoms with E-state index in [-0.39, 0.29) is 6.04 Å². The number of nitrogens with zero attached hydrogens (tertiary/aromatic N) is 1. The molecule has 4 nitrogen and oxygen atoms in total. The Morgan fingerprint density at radius 2 is 1.85 bits per heavy atom. The summed E-state index contributed by atoms with van der Waals surface area (Å²) in [6.45, 7) is 3.87. The number of hydrogen-bond acceptors (Lipinski definition) is 4. The van der Waals surface area contributed by atoms with E-state index in [1.54, 1.807) is 14.2 Å². The molecule has 1 aromatic rings. The quantitative estimate of drug-likeness (QED) is 0.707. The fourth-order valence-electron chi connectivity index (χ4n) is 2.40. The van der Waals surface area contributed by atoms with Crippen molar-refractivity contribution in [3.05, 3.63) is 23.8 Å². The summed E-state index contributed by atoms with van der Waals surface area (Å²) in [4.78, 5) is 2.32. The second-order valence-electron chi connectivity index (χ2n) is 5.05. The van der Waals surface area contributed by atoms with Crippen LogP contribution in [-0.4, -0.2) is 39.3 Å². The molecule has 0 radical (unpaired) electrons. The second kappa shape index (κ2) is 8.82. The predicted octanol–water partition coefficient (Wildman–Crippen LogP) is 2.83. The summed E-state index contributed by atoms with van der Waals surface area (Å²) < 4.78 is 10.6. The minimum Gasteiger partial charge on any atom is -0.493 e. The van der Waals surface area contributed by atoms with Gasteiger partial charge in [0.25, 0.3) is 0 Å². The highest BCUT2D eigenvalue weighted by molar-refractivity contribution is 5.43. The molecular formula is C16H28N2O2. The van der Waals surface area contributed by atoms with E-state index in [1.807, 2.05) is 12.1 Å². The van der Waals surface area contributed by atoms with Gasteiger partial charge in [-0.2, -0.15) is 0 Å². The molecule has 1 atom stereocenters. The molecule has 4 heteroatoms. The lowest BCUT2D eigenvalue weighted by Gasteiger charge is -2.27. The first-order valence-corrected chi connectivity index (χ1v) is 7.30. The summed E-state index contributed by atoms with van der Waals surface area (Å²) >= 11 is 0. The number of likely N-dealkylation sites (N-methyl/N-ethyl adjacent to an activating group) is 1. The molecule has 2 N–H and O–H groups in total. The Kier molecular flexibility index (Phi) is 7.41. The van der Waals surface area contributed by atoms with Crippen molar-refractivity contribution in [3.8, 4) is 11.5 Å². The third kappa shape index (κ3) is 4.39. The Hall–Kier alpha value is -1.26. The Bertz CT molecular complexity index is 396. The molecule has 0 aliphatic rings. The molecule has 1 aromatic carbocycles. The molecule has 0 spiro atoms. The molecule has 0 heterocycles. The van der Waals surface area contributed by atoms with Crippen LogP contribution in [0.3, 0.4) is 0 Å². The lowest BCUT2D eigenvalue weighted by molar-refractivity contribution is 0.244. The zero-order chi connectivity index (χ0) is 15.0. The predicted molar refractivity (Wildman–Crippen MR) is 83.5 cm³/mol. The minimum absolute atomic E-state index is 0.215. The Labute approximate surface area is 122 Å². The molecule has 0 saturated heterocycles. The number of benzene rings is 1. The highest BCUT2D eigenvalue weighted by Gasteiger charge is 2.17. The Morgan fingerprint density at radius 1 is 1.15 bits per heavy atom. The Balaban J connectivity index is 2.83. The minimum atomic E-state index is 0.215. The van der Waals surface area contributed by atoms with Gasteiger partial charge in [0, 0.05) is 12.6 Å². The van der Waals surface area contributed by atoms with Crippen LogP contribution < -0.4 is 15.2 Å². The van der Waals surface area contributed by atoms with Gasteiger partial charge in [0.1, 0.15) is 0 Å². The molecule has 0 bridgehead atoms. The van der Waals surface area contributed by atoms with Crippen molar-refractivity contribution in [3.63, 3.8) is 0 Å². The lowest BCUT2D eigenvalue weighted by atomic mass is 10.0. The maximum atomic E-state index is 5.96. The van der Waals surface area contributed by atoms with Crippen LogP contribution in [-0.2, 0) is 0 Å². The maximum Gasteiger partial charge on any atom is 0.161 e. The van der Waals surface area contributed by atoms with E-state index in [2.05, 4.69) is 24.9 Å². The molecule has 1 unspecified atom stereocenters. The first-order chi connectivity index (χ1) is 9.67. The third-order valence-corrected chi connectivity index (χ3v) is 3.66. The molecular weight excluding hydrogens is 252 g/mol. The van der Waals surface area contributed by atoms with E-state index < -0.39 is 0 Å². The van der Waals surface area contributed by atoms with Crippen LogP contribution in [0.4, 0.5) is 0 Å². The third-order valence-electron chi connectivity index (χ3n) is 3.66. The topological polar surface area (TPSA) is 47.7 Å². The fraction of sp³-hybridized carbons (Fsp3) is 0.625. The average molecular weight is 280 g/mol. The highest BCUT2D eigenvalue weighted by atomic mass is 16.5. The van der Waals surface area contributed by atoms with E-state index >= 15 is 0 Å². The second-order valence-corrected chi connectivity index (χ2v) is 5.05. The van der Waals surface area contributed by atoms with Crippen molar-refractivity contribution in [2.45, 2.75) is 32.2 Å². The zero-order valence-electron chi connectivity index (χ0n) is 13.2. The van der Waals surface area contributed by atoms with Gasteiger partial charge in [-0.15, -0.1) is 0 Å². The number of nitrogens with two attached hydrogens (primary N) is 1. The molecule has 0 amide bonds. The molecule has 114 valence electrons. The lowest BCUT2D eigenvalue weighted by Crippen LogP contribution is -2.31. The van der Waals surface area contributed by atoms with Gasteiger partial charge in [0.15, 0.2) is 11.5 Å². The van der Waals surface area contributed by atoms with Crippen molar-refractivity contribution >= 4 is 0 Å². The van der Waals surface area contributed by atoms with Crippen LogP contribution in [0, 0.1) is 0 Å². The maximum absolute atomic E-state index is 5.96. The molecule has 20 heavy (non-hydrogen) atoms. The summed E-state index contributed by atoms with van der Waals surface area (Å²) in [5.74, 6) is 1.51. The first kappa shape index (κ1) is 16.8. The summed E-state index contributed by atoms with van der Waals surface area (Å²) in [6.07, 6.45) is 3.70. The van der Waals surface area contributed by atoms with Crippen molar-refractivity contribution in [2.75, 3.05) is 34.4 Å². The summed E-state index contributed by atoms with van der Waals surface area (Å²) in [6, 6.07) is 6.24. The van der Waals surface area contributed by atoms with E-state index in [0.29, 0.717) is 6.54 Å². The molecule has 0 fully saturated rings. The normalized spacial score (nSPS) is 12.5. The number of methoxy groups -OCH3 is 2. The zero-order valence-corrected chi connectivity index (χ0v) is 13.2. The standard InChI is InChI=1S/C16H28N2O2/c1-5-6-7-10-18(2)14(12-17)13-8-9-15(19-3)16(11-13)20-4/h8-9,11,14H,5-7,10,12,17H2,1-4H3. The van der Waals surface area contributed by atoms with Crippen molar-refractivity contribution in [1.29, 1.82) is 0 Å². The SMILES string of the molecule is CCCCCN(C)C(CN)c1ccc(OC)c(OC)c1. The van der Waals surface area contributed by atoms with E-state index in [9.17, 15) is 0 Å². The highest BCUT2D eigenvalue weighted by Crippen LogP contribution is 2.31. The van der Waals surface area contributed by atoms with Crippen molar-refractivity contribution in [1.82, 2.24) is 4.90 Å². The van der Waals surface area contributed by atoms with Crippen LogP contribution in [0.2, 0.25) is 0 Å². The summed E-state index contributed by atoms with van der Waals surface area (Å²) in [7, 11) is 5.43. The van der Waals surface area contributed by atoms with Gasteiger partial charge in [-0.05, 0) is 37.7 Å². The average Bonchev–Trinajstić information content (AvgIpc) is 2.48. The van der Waals surface area contributed by atoms with Gasteiger partial charge in [0.05, 0.1) is 14.2 Å².